The minimum atomic E-state index is -0.422. The van der Waals surface area contributed by atoms with E-state index in [4.69, 9.17) is 5.73 Å². The first-order valence-corrected chi connectivity index (χ1v) is 5.34. The van der Waals surface area contributed by atoms with E-state index in [1.807, 2.05) is 0 Å². The summed E-state index contributed by atoms with van der Waals surface area (Å²) in [4.78, 5) is 28.2. The van der Waals surface area contributed by atoms with Gasteiger partial charge in [0.25, 0.3) is 5.56 Å². The monoisotopic (exact) mass is 241 g/mol. The molecule has 0 spiro atoms. The molecule has 1 rings (SSSR count). The van der Waals surface area contributed by atoms with Gasteiger partial charge < -0.3 is 15.5 Å². The average molecular weight is 241 g/mol. The Morgan fingerprint density at radius 3 is 3.12 bits per heavy atom. The number of hydrogen-bond acceptors (Lipinski definition) is 6. The number of nitrogens with one attached hydrogen (secondary N) is 1. The van der Waals surface area contributed by atoms with Crippen molar-refractivity contribution in [2.24, 2.45) is 0 Å². The third-order valence-electron chi connectivity index (χ3n) is 1.51. The van der Waals surface area contributed by atoms with Gasteiger partial charge >= 0.3 is 5.97 Å². The number of carbonyl (C=O) groups is 1. The van der Waals surface area contributed by atoms with Gasteiger partial charge in [-0.25, -0.2) is 9.78 Å². The molecule has 0 saturated heterocycles. The Morgan fingerprint density at radius 1 is 1.75 bits per heavy atom. The third-order valence-corrected chi connectivity index (χ3v) is 2.34. The highest BCUT2D eigenvalue weighted by molar-refractivity contribution is 7.99. The minimum Gasteiger partial charge on any atom is -0.466 e. The number of carbonyl (C=O) groups excluding carboxylic acids is 1. The van der Waals surface area contributed by atoms with Crippen molar-refractivity contribution in [3.05, 3.63) is 28.6 Å². The largest absolute Gasteiger partial charge is 0.466 e. The Morgan fingerprint density at radius 2 is 2.50 bits per heavy atom. The van der Waals surface area contributed by atoms with Crippen molar-refractivity contribution in [1.82, 2.24) is 9.97 Å². The van der Waals surface area contributed by atoms with Crippen LogP contribution in [0.5, 0.6) is 0 Å². The van der Waals surface area contributed by atoms with E-state index in [9.17, 15) is 9.59 Å². The van der Waals surface area contributed by atoms with Gasteiger partial charge in [-0.05, 0) is 0 Å². The van der Waals surface area contributed by atoms with Gasteiger partial charge in [0.05, 0.1) is 7.11 Å². The number of methoxy groups -OCH3 is 1. The first-order chi connectivity index (χ1) is 7.61. The van der Waals surface area contributed by atoms with E-state index in [2.05, 4.69) is 14.7 Å². The van der Waals surface area contributed by atoms with Crippen molar-refractivity contribution < 1.29 is 9.53 Å². The summed E-state index contributed by atoms with van der Waals surface area (Å²) in [5.41, 5.74) is 5.10. The molecule has 7 heteroatoms. The standard InChI is InChI=1S/C9H11N3O3S/c1-15-8(14)3-2-4-16-9-11-6(10)5-7(13)12-9/h2-3,5H,4H2,1H3,(H3,10,11,12,13)/b3-2+. The lowest BCUT2D eigenvalue weighted by Crippen LogP contribution is -2.09. The molecule has 0 radical (unpaired) electrons. The molecule has 6 nitrogen and oxygen atoms in total. The zero-order valence-electron chi connectivity index (χ0n) is 8.60. The summed E-state index contributed by atoms with van der Waals surface area (Å²) in [5, 5.41) is 0.416. The molecule has 0 aliphatic rings. The van der Waals surface area contributed by atoms with Crippen LogP contribution in [0.4, 0.5) is 5.82 Å². The van der Waals surface area contributed by atoms with Crippen LogP contribution in [-0.2, 0) is 9.53 Å². The molecule has 0 aromatic carbocycles. The molecule has 0 bridgehead atoms. The maximum absolute atomic E-state index is 11.0. The third kappa shape index (κ3) is 4.18. The van der Waals surface area contributed by atoms with Gasteiger partial charge in [-0.15, -0.1) is 0 Å². The first kappa shape index (κ1) is 12.3. The van der Waals surface area contributed by atoms with Crippen LogP contribution in [0.15, 0.2) is 28.2 Å². The lowest BCUT2D eigenvalue weighted by atomic mass is 10.5. The molecule has 1 heterocycles. The van der Waals surface area contributed by atoms with Gasteiger partial charge in [-0.3, -0.25) is 4.79 Å². The predicted octanol–water partition coefficient (Wildman–Crippen LogP) is 0.173. The molecule has 0 saturated carbocycles. The fourth-order valence-electron chi connectivity index (χ4n) is 0.861. The summed E-state index contributed by atoms with van der Waals surface area (Å²) in [6.45, 7) is 0. The summed E-state index contributed by atoms with van der Waals surface area (Å²) >= 11 is 1.26. The number of ether oxygens (including phenoxy) is 1. The second kappa shape index (κ2) is 5.96. The van der Waals surface area contributed by atoms with Gasteiger partial charge in [0.1, 0.15) is 5.82 Å². The van der Waals surface area contributed by atoms with Crippen molar-refractivity contribution in [3.8, 4) is 0 Å². The Balaban J connectivity index is 2.52. The Labute approximate surface area is 95.9 Å². The van der Waals surface area contributed by atoms with Crippen LogP contribution in [0.25, 0.3) is 0 Å². The molecule has 16 heavy (non-hydrogen) atoms. The Bertz CT molecular complexity index is 456. The predicted molar refractivity (Wildman–Crippen MR) is 61.2 cm³/mol. The fraction of sp³-hybridized carbons (Fsp3) is 0.222. The number of esters is 1. The molecule has 0 amide bonds. The highest BCUT2D eigenvalue weighted by atomic mass is 32.2. The van der Waals surface area contributed by atoms with Crippen LogP contribution in [0, 0.1) is 0 Å². The van der Waals surface area contributed by atoms with Crippen LogP contribution >= 0.6 is 11.8 Å². The zero-order valence-corrected chi connectivity index (χ0v) is 9.41. The SMILES string of the molecule is COC(=O)/C=C/CSc1nc(N)cc(=O)[nH]1. The van der Waals surface area contributed by atoms with E-state index in [1.165, 1.54) is 31.0 Å². The number of nitrogens with two attached hydrogens (primary N) is 1. The van der Waals surface area contributed by atoms with Gasteiger partial charge in [-0.1, -0.05) is 17.8 Å². The second-order valence-electron chi connectivity index (χ2n) is 2.71. The normalized spacial score (nSPS) is 10.6. The minimum absolute atomic E-state index is 0.170. The van der Waals surface area contributed by atoms with Gasteiger partial charge in [0.2, 0.25) is 0 Å². The summed E-state index contributed by atoms with van der Waals surface area (Å²) < 4.78 is 4.41. The first-order valence-electron chi connectivity index (χ1n) is 4.36. The van der Waals surface area contributed by atoms with Crippen molar-refractivity contribution in [1.29, 1.82) is 0 Å². The smallest absolute Gasteiger partial charge is 0.330 e. The van der Waals surface area contributed by atoms with Crippen molar-refractivity contribution in [3.63, 3.8) is 0 Å². The topological polar surface area (TPSA) is 98.1 Å². The number of rotatable bonds is 4. The van der Waals surface area contributed by atoms with E-state index in [1.54, 1.807) is 6.08 Å². The number of aromatic nitrogens is 2. The van der Waals surface area contributed by atoms with Crippen LogP contribution < -0.4 is 11.3 Å². The van der Waals surface area contributed by atoms with E-state index in [0.29, 0.717) is 10.9 Å². The van der Waals surface area contributed by atoms with E-state index >= 15 is 0 Å². The van der Waals surface area contributed by atoms with Gasteiger partial charge in [0.15, 0.2) is 5.16 Å². The molecular weight excluding hydrogens is 230 g/mol. The lowest BCUT2D eigenvalue weighted by molar-refractivity contribution is -0.134. The van der Waals surface area contributed by atoms with Crippen LogP contribution in [0.3, 0.4) is 0 Å². The number of nitrogens with zero attached hydrogens (tertiary/aromatic N) is 1. The number of thioether (sulfide) groups is 1. The van der Waals surface area contributed by atoms with Gasteiger partial charge in [0, 0.05) is 17.9 Å². The maximum atomic E-state index is 11.0. The number of anilines is 1. The Hall–Kier alpha value is -1.76. The number of nitrogen functional groups attached to an aromatic ring is 1. The van der Waals surface area contributed by atoms with Crippen LogP contribution in [-0.4, -0.2) is 28.8 Å². The summed E-state index contributed by atoms with van der Waals surface area (Å²) in [6.07, 6.45) is 2.91. The summed E-state index contributed by atoms with van der Waals surface area (Å²) in [7, 11) is 1.30. The molecule has 1 aromatic heterocycles. The molecule has 1 aromatic rings. The van der Waals surface area contributed by atoms with Crippen molar-refractivity contribution in [2.45, 2.75) is 5.16 Å². The van der Waals surface area contributed by atoms with E-state index in [-0.39, 0.29) is 11.4 Å². The maximum Gasteiger partial charge on any atom is 0.330 e. The molecule has 3 N–H and O–H groups in total. The average Bonchev–Trinajstić information content (AvgIpc) is 2.22. The fourth-order valence-corrected chi connectivity index (χ4v) is 1.55. The van der Waals surface area contributed by atoms with Crippen molar-refractivity contribution >= 4 is 23.5 Å². The molecule has 0 aliphatic heterocycles. The second-order valence-corrected chi connectivity index (χ2v) is 3.72. The number of H-pyrrole nitrogens is 1. The van der Waals surface area contributed by atoms with Gasteiger partial charge in [-0.2, -0.15) is 0 Å². The van der Waals surface area contributed by atoms with Crippen LogP contribution in [0.1, 0.15) is 0 Å². The molecule has 86 valence electrons. The van der Waals surface area contributed by atoms with Crippen LogP contribution in [0.2, 0.25) is 0 Å². The number of aromatic amines is 1. The van der Waals surface area contributed by atoms with E-state index < -0.39 is 5.97 Å². The summed E-state index contributed by atoms with van der Waals surface area (Å²) in [6, 6.07) is 1.20. The molecule has 0 fully saturated rings. The lowest BCUT2D eigenvalue weighted by Gasteiger charge is -1.97. The van der Waals surface area contributed by atoms with E-state index in [0.717, 1.165) is 0 Å². The molecule has 0 aliphatic carbocycles. The molecule has 0 unspecified atom stereocenters. The summed E-state index contributed by atoms with van der Waals surface area (Å²) in [5.74, 6) is 0.236. The highest BCUT2D eigenvalue weighted by Crippen LogP contribution is 2.11. The van der Waals surface area contributed by atoms with Crippen molar-refractivity contribution in [2.75, 3.05) is 18.6 Å². The Kier molecular flexibility index (Phi) is 4.59. The molecular formula is C9H11N3O3S. The number of hydrogen-bond donors (Lipinski definition) is 2. The zero-order chi connectivity index (χ0) is 12.0. The highest BCUT2D eigenvalue weighted by Gasteiger charge is 1.98. The quantitative estimate of drug-likeness (QED) is 0.337. The molecule has 0 atom stereocenters.